The molecular weight excluding hydrogens is 413 g/mol. The minimum Gasteiger partial charge on any atom is -0.319 e. The van der Waals surface area contributed by atoms with Gasteiger partial charge >= 0.3 is 0 Å². The monoisotopic (exact) mass is 429 g/mol. The van der Waals surface area contributed by atoms with E-state index in [9.17, 15) is 0 Å². The molecule has 1 nitrogen and oxygen atoms in total. The zero-order chi connectivity index (χ0) is 13.7. The molecule has 3 heteroatoms. The summed E-state index contributed by atoms with van der Waals surface area (Å²) in [5, 5.41) is 3.30. The van der Waals surface area contributed by atoms with Crippen LogP contribution in [0.3, 0.4) is 0 Å². The van der Waals surface area contributed by atoms with Crippen LogP contribution in [0.1, 0.15) is 17.0 Å². The smallest absolute Gasteiger partial charge is 0.0175 e. The van der Waals surface area contributed by atoms with Gasteiger partial charge in [0.15, 0.2) is 0 Å². The second-order valence-corrected chi connectivity index (χ2v) is 6.80. The summed E-state index contributed by atoms with van der Waals surface area (Å²) in [5.74, 6) is 0.512. The molecule has 0 aromatic heterocycles. The van der Waals surface area contributed by atoms with E-state index in [1.165, 1.54) is 14.7 Å². The third kappa shape index (κ3) is 4.58. The number of benzene rings is 2. The summed E-state index contributed by atoms with van der Waals surface area (Å²) in [6, 6.07) is 17.4. The van der Waals surface area contributed by atoms with Crippen molar-refractivity contribution in [2.45, 2.75) is 12.3 Å². The summed E-state index contributed by atoms with van der Waals surface area (Å²) < 4.78 is 2.42. The number of likely N-dealkylation sites (N-methyl/N-ethyl adjacent to an activating group) is 1. The molecule has 0 saturated carbocycles. The number of halogens is 2. The Morgan fingerprint density at radius 2 is 1.68 bits per heavy atom. The van der Waals surface area contributed by atoms with E-state index in [2.05, 4.69) is 92.4 Å². The van der Waals surface area contributed by atoms with Gasteiger partial charge in [-0.05, 0) is 71.5 Å². The summed E-state index contributed by atoms with van der Waals surface area (Å²) in [4.78, 5) is 0. The topological polar surface area (TPSA) is 12.0 Å². The molecule has 0 aliphatic rings. The molecule has 0 radical (unpaired) electrons. The van der Waals surface area contributed by atoms with E-state index in [1.54, 1.807) is 0 Å². The standard InChI is InChI=1S/C16H17BrIN/c1-19-11-14(13-4-6-15(17)7-5-13)10-12-2-8-16(18)9-3-12/h2-9,14,19H,10-11H2,1H3. The van der Waals surface area contributed by atoms with Gasteiger partial charge in [0.2, 0.25) is 0 Å². The molecule has 0 amide bonds. The van der Waals surface area contributed by atoms with Gasteiger partial charge in [0, 0.05) is 20.5 Å². The van der Waals surface area contributed by atoms with Crippen LogP contribution >= 0.6 is 38.5 Å². The van der Waals surface area contributed by atoms with Crippen LogP contribution in [0.25, 0.3) is 0 Å². The predicted molar refractivity (Wildman–Crippen MR) is 93.7 cm³/mol. The molecule has 2 aromatic carbocycles. The van der Waals surface area contributed by atoms with Crippen molar-refractivity contribution in [1.82, 2.24) is 5.32 Å². The highest BCUT2D eigenvalue weighted by Crippen LogP contribution is 2.22. The lowest BCUT2D eigenvalue weighted by Gasteiger charge is -2.17. The number of hydrogen-bond acceptors (Lipinski definition) is 1. The van der Waals surface area contributed by atoms with Gasteiger partial charge < -0.3 is 5.32 Å². The highest BCUT2D eigenvalue weighted by molar-refractivity contribution is 14.1. The van der Waals surface area contributed by atoms with E-state index in [4.69, 9.17) is 0 Å². The van der Waals surface area contributed by atoms with Crippen LogP contribution in [0.15, 0.2) is 53.0 Å². The van der Waals surface area contributed by atoms with Crippen molar-refractivity contribution in [3.63, 3.8) is 0 Å². The molecule has 2 rings (SSSR count). The van der Waals surface area contributed by atoms with E-state index < -0.39 is 0 Å². The molecule has 0 aliphatic heterocycles. The van der Waals surface area contributed by atoms with Gasteiger partial charge in [-0.3, -0.25) is 0 Å². The van der Waals surface area contributed by atoms with Crippen molar-refractivity contribution >= 4 is 38.5 Å². The van der Waals surface area contributed by atoms with Crippen LogP contribution in [-0.2, 0) is 6.42 Å². The molecule has 0 spiro atoms. The summed E-state index contributed by atoms with van der Waals surface area (Å²) in [6.07, 6.45) is 1.07. The summed E-state index contributed by atoms with van der Waals surface area (Å²) in [6.45, 7) is 0.994. The van der Waals surface area contributed by atoms with Crippen LogP contribution in [0.5, 0.6) is 0 Å². The largest absolute Gasteiger partial charge is 0.319 e. The van der Waals surface area contributed by atoms with Gasteiger partial charge in [0.1, 0.15) is 0 Å². The second kappa shape index (κ2) is 7.41. The molecule has 19 heavy (non-hydrogen) atoms. The first kappa shape index (κ1) is 15.0. The van der Waals surface area contributed by atoms with Gasteiger partial charge in [0.25, 0.3) is 0 Å². The van der Waals surface area contributed by atoms with Gasteiger partial charge in [-0.15, -0.1) is 0 Å². The van der Waals surface area contributed by atoms with E-state index in [1.807, 2.05) is 7.05 Å². The number of rotatable bonds is 5. The van der Waals surface area contributed by atoms with E-state index >= 15 is 0 Å². The maximum atomic E-state index is 3.49. The van der Waals surface area contributed by atoms with Gasteiger partial charge in [-0.1, -0.05) is 40.2 Å². The average molecular weight is 430 g/mol. The molecule has 0 bridgehead atoms. The van der Waals surface area contributed by atoms with Crippen LogP contribution in [0.4, 0.5) is 0 Å². The fraction of sp³-hybridized carbons (Fsp3) is 0.250. The van der Waals surface area contributed by atoms with Crippen molar-refractivity contribution in [3.8, 4) is 0 Å². The van der Waals surface area contributed by atoms with Crippen LogP contribution in [-0.4, -0.2) is 13.6 Å². The molecule has 1 atom stereocenters. The molecule has 100 valence electrons. The van der Waals surface area contributed by atoms with Crippen molar-refractivity contribution < 1.29 is 0 Å². The van der Waals surface area contributed by atoms with Gasteiger partial charge in [0.05, 0.1) is 0 Å². The molecule has 1 unspecified atom stereocenters. The molecular formula is C16H17BrIN. The maximum absolute atomic E-state index is 3.49. The van der Waals surface area contributed by atoms with Crippen molar-refractivity contribution in [2.24, 2.45) is 0 Å². The fourth-order valence-electron chi connectivity index (χ4n) is 2.19. The molecule has 0 heterocycles. The summed E-state index contributed by atoms with van der Waals surface area (Å²) in [5.41, 5.74) is 2.78. The van der Waals surface area contributed by atoms with Crippen molar-refractivity contribution in [3.05, 3.63) is 67.7 Å². The van der Waals surface area contributed by atoms with Crippen molar-refractivity contribution in [1.29, 1.82) is 0 Å². The summed E-state index contributed by atoms with van der Waals surface area (Å²) in [7, 11) is 2.01. The quantitative estimate of drug-likeness (QED) is 0.685. The van der Waals surface area contributed by atoms with E-state index in [0.29, 0.717) is 5.92 Å². The normalized spacial score (nSPS) is 12.4. The highest BCUT2D eigenvalue weighted by atomic mass is 127. The lowest BCUT2D eigenvalue weighted by Crippen LogP contribution is -2.19. The first-order valence-corrected chi connectivity index (χ1v) is 8.20. The first-order chi connectivity index (χ1) is 9.19. The first-order valence-electron chi connectivity index (χ1n) is 6.33. The third-order valence-corrected chi connectivity index (χ3v) is 4.44. The number of hydrogen-bond donors (Lipinski definition) is 1. The average Bonchev–Trinajstić information content (AvgIpc) is 2.42. The Labute approximate surface area is 137 Å². The molecule has 1 N–H and O–H groups in total. The highest BCUT2D eigenvalue weighted by Gasteiger charge is 2.11. The third-order valence-electron chi connectivity index (χ3n) is 3.19. The minimum atomic E-state index is 0.512. The Morgan fingerprint density at radius 1 is 1.05 bits per heavy atom. The van der Waals surface area contributed by atoms with E-state index in [0.717, 1.165) is 17.4 Å². The minimum absolute atomic E-state index is 0.512. The number of nitrogens with one attached hydrogen (secondary N) is 1. The summed E-state index contributed by atoms with van der Waals surface area (Å²) >= 11 is 5.84. The Morgan fingerprint density at radius 3 is 2.26 bits per heavy atom. The van der Waals surface area contributed by atoms with Crippen LogP contribution < -0.4 is 5.32 Å². The Hall–Kier alpha value is -0.390. The lowest BCUT2D eigenvalue weighted by molar-refractivity contribution is 0.625. The zero-order valence-corrected chi connectivity index (χ0v) is 14.6. The fourth-order valence-corrected chi connectivity index (χ4v) is 2.82. The van der Waals surface area contributed by atoms with Crippen molar-refractivity contribution in [2.75, 3.05) is 13.6 Å². The Kier molecular flexibility index (Phi) is 5.85. The van der Waals surface area contributed by atoms with Crippen LogP contribution in [0, 0.1) is 3.57 Å². The Balaban J connectivity index is 2.15. The SMILES string of the molecule is CNCC(Cc1ccc(I)cc1)c1ccc(Br)cc1. The van der Waals surface area contributed by atoms with Gasteiger partial charge in [-0.2, -0.15) is 0 Å². The Bertz CT molecular complexity index is 507. The second-order valence-electron chi connectivity index (χ2n) is 4.64. The lowest BCUT2D eigenvalue weighted by atomic mass is 9.92. The zero-order valence-electron chi connectivity index (χ0n) is 10.9. The molecule has 2 aromatic rings. The molecule has 0 saturated heterocycles. The molecule has 0 aliphatic carbocycles. The van der Waals surface area contributed by atoms with Crippen LogP contribution in [0.2, 0.25) is 0 Å². The molecule has 0 fully saturated rings. The maximum Gasteiger partial charge on any atom is 0.0175 e. The van der Waals surface area contributed by atoms with Gasteiger partial charge in [-0.25, -0.2) is 0 Å². The predicted octanol–water partition coefficient (Wildman–Crippen LogP) is 4.60. The van der Waals surface area contributed by atoms with E-state index in [-0.39, 0.29) is 0 Å².